The summed E-state index contributed by atoms with van der Waals surface area (Å²) in [6.07, 6.45) is 12.2. The highest BCUT2D eigenvalue weighted by Crippen LogP contribution is 2.34. The van der Waals surface area contributed by atoms with Gasteiger partial charge in [0.25, 0.3) is 5.91 Å². The van der Waals surface area contributed by atoms with Crippen LogP contribution in [0.1, 0.15) is 125 Å². The van der Waals surface area contributed by atoms with Crippen LogP contribution in [-0.2, 0) is 10.2 Å². The minimum absolute atomic E-state index is 0.251. The number of nitrogens with one attached hydrogen (secondary N) is 2. The molecule has 1 amide bonds. The number of esters is 1. The first-order valence-corrected chi connectivity index (χ1v) is 17.0. The van der Waals surface area contributed by atoms with Crippen LogP contribution in [0.2, 0.25) is 5.02 Å². The summed E-state index contributed by atoms with van der Waals surface area (Å²) in [7, 11) is 0. The lowest BCUT2D eigenvalue weighted by molar-refractivity contribution is 0.0497. The fourth-order valence-corrected chi connectivity index (χ4v) is 5.72. The van der Waals surface area contributed by atoms with Crippen LogP contribution >= 0.6 is 11.6 Å². The number of halogens is 1. The molecule has 0 fully saturated rings. The van der Waals surface area contributed by atoms with Gasteiger partial charge in [-0.05, 0) is 55.8 Å². The molecule has 0 spiro atoms. The molecule has 46 heavy (non-hydrogen) atoms. The Labute approximate surface area is 277 Å². The molecular formula is C36H48ClN5O4. The number of fused-ring (bicyclic) bond motifs is 1. The molecule has 0 aliphatic heterocycles. The molecule has 0 saturated heterocycles. The molecule has 0 aliphatic rings. The number of aromatic nitrogens is 4. The van der Waals surface area contributed by atoms with Crippen LogP contribution in [-0.4, -0.2) is 44.9 Å². The fraction of sp³-hybridized carbons (Fsp3) is 0.500. The Morgan fingerprint density at radius 2 is 1.50 bits per heavy atom. The zero-order valence-corrected chi connectivity index (χ0v) is 28.6. The second-order valence-corrected chi connectivity index (χ2v) is 13.1. The number of hydrogen-bond acceptors (Lipinski definition) is 6. The molecular weight excluding hydrogens is 602 g/mol. The van der Waals surface area contributed by atoms with E-state index in [-0.39, 0.29) is 17.3 Å². The van der Waals surface area contributed by atoms with Crippen molar-refractivity contribution >= 4 is 34.8 Å². The average Bonchev–Trinajstić information content (AvgIpc) is 3.59. The molecule has 2 N–H and O–H groups in total. The smallest absolute Gasteiger partial charge is 0.338 e. The monoisotopic (exact) mass is 649 g/mol. The summed E-state index contributed by atoms with van der Waals surface area (Å²) >= 11 is 6.66. The third kappa shape index (κ3) is 9.34. The molecule has 2 aromatic carbocycles. The summed E-state index contributed by atoms with van der Waals surface area (Å²) in [5.74, 6) is 0.391. The van der Waals surface area contributed by atoms with Gasteiger partial charge in [-0.1, -0.05) is 97.1 Å². The minimum atomic E-state index is -0.382. The lowest BCUT2D eigenvalue weighted by Gasteiger charge is -2.15. The Morgan fingerprint density at radius 3 is 2.11 bits per heavy atom. The Kier molecular flexibility index (Phi) is 12.7. The van der Waals surface area contributed by atoms with Crippen molar-refractivity contribution in [3.63, 3.8) is 0 Å². The number of benzene rings is 2. The number of carbonyl (C=O) groups is 2. The van der Waals surface area contributed by atoms with E-state index >= 15 is 0 Å². The lowest BCUT2D eigenvalue weighted by atomic mass is 9.92. The Bertz CT molecular complexity index is 1590. The van der Waals surface area contributed by atoms with Gasteiger partial charge in [0.1, 0.15) is 10.8 Å². The third-order valence-electron chi connectivity index (χ3n) is 7.87. The van der Waals surface area contributed by atoms with Crippen molar-refractivity contribution in [1.29, 1.82) is 0 Å². The first kappa shape index (κ1) is 35.0. The molecule has 2 heterocycles. The number of hydrogen-bond donors (Lipinski definition) is 2. The number of H-pyrrole nitrogens is 1. The van der Waals surface area contributed by atoms with Crippen molar-refractivity contribution < 1.29 is 19.1 Å². The van der Waals surface area contributed by atoms with Crippen molar-refractivity contribution in [3.8, 4) is 17.1 Å². The molecule has 0 atom stereocenters. The van der Waals surface area contributed by atoms with E-state index in [0.29, 0.717) is 57.8 Å². The minimum Gasteiger partial charge on any atom is -0.494 e. The summed E-state index contributed by atoms with van der Waals surface area (Å²) < 4.78 is 12.7. The zero-order valence-electron chi connectivity index (χ0n) is 27.9. The number of unbranched alkanes of at least 4 members (excludes halogenated alkanes) is 9. The number of ether oxygens (including phenoxy) is 2. The molecule has 10 heteroatoms. The maximum absolute atomic E-state index is 13.3. The quantitative estimate of drug-likeness (QED) is 0.0871. The Hall–Kier alpha value is -3.85. The number of amides is 1. The summed E-state index contributed by atoms with van der Waals surface area (Å²) in [4.78, 5) is 29.1. The van der Waals surface area contributed by atoms with Gasteiger partial charge < -0.3 is 19.8 Å². The predicted octanol–water partition coefficient (Wildman–Crippen LogP) is 9.40. The van der Waals surface area contributed by atoms with Crippen molar-refractivity contribution in [2.45, 2.75) is 104 Å². The lowest BCUT2D eigenvalue weighted by Crippen LogP contribution is -2.14. The molecule has 4 aromatic rings. The van der Waals surface area contributed by atoms with Crippen LogP contribution < -0.4 is 10.1 Å². The number of anilines is 1. The number of rotatable bonds is 17. The van der Waals surface area contributed by atoms with Crippen molar-refractivity contribution in [2.75, 3.05) is 18.5 Å². The third-order valence-corrected chi connectivity index (χ3v) is 8.23. The van der Waals surface area contributed by atoms with Gasteiger partial charge in [0.15, 0.2) is 11.5 Å². The van der Waals surface area contributed by atoms with Crippen LogP contribution in [0.5, 0.6) is 5.75 Å². The van der Waals surface area contributed by atoms with E-state index in [1.165, 1.54) is 56.0 Å². The fourth-order valence-electron chi connectivity index (χ4n) is 5.27. The highest BCUT2D eigenvalue weighted by atomic mass is 35.5. The average molecular weight is 650 g/mol. The number of aromatic amines is 1. The molecule has 0 aliphatic carbocycles. The van der Waals surface area contributed by atoms with Gasteiger partial charge >= 0.3 is 5.97 Å². The largest absolute Gasteiger partial charge is 0.494 e. The highest BCUT2D eigenvalue weighted by Gasteiger charge is 2.26. The zero-order chi connectivity index (χ0) is 33.1. The molecule has 0 saturated carbocycles. The van der Waals surface area contributed by atoms with Gasteiger partial charge in [-0.3, -0.25) is 4.79 Å². The first-order valence-electron chi connectivity index (χ1n) is 16.6. The van der Waals surface area contributed by atoms with E-state index in [4.69, 9.17) is 21.1 Å². The first-order chi connectivity index (χ1) is 22.1. The van der Waals surface area contributed by atoms with E-state index in [1.807, 2.05) is 33.8 Å². The van der Waals surface area contributed by atoms with Gasteiger partial charge in [-0.2, -0.15) is 5.10 Å². The molecule has 0 bridgehead atoms. The summed E-state index contributed by atoms with van der Waals surface area (Å²) in [5, 5.41) is 12.7. The predicted molar refractivity (Wildman–Crippen MR) is 184 cm³/mol. The maximum atomic E-state index is 13.3. The molecule has 9 nitrogen and oxygen atoms in total. The Balaban J connectivity index is 1.34. The molecule has 2 aromatic heterocycles. The van der Waals surface area contributed by atoms with Gasteiger partial charge in [0.2, 0.25) is 0 Å². The van der Waals surface area contributed by atoms with Crippen LogP contribution in [0.3, 0.4) is 0 Å². The van der Waals surface area contributed by atoms with Crippen LogP contribution in [0, 0.1) is 0 Å². The number of nitrogens with zero attached hydrogens (tertiary/aromatic N) is 3. The van der Waals surface area contributed by atoms with Crippen molar-refractivity contribution in [1.82, 2.24) is 19.8 Å². The summed E-state index contributed by atoms with van der Waals surface area (Å²) in [6, 6.07) is 11.8. The van der Waals surface area contributed by atoms with E-state index in [9.17, 15) is 9.59 Å². The second-order valence-electron chi connectivity index (χ2n) is 12.7. The highest BCUT2D eigenvalue weighted by molar-refractivity contribution is 6.34. The number of carbonyl (C=O) groups excluding carboxylic acids is 2. The maximum Gasteiger partial charge on any atom is 0.338 e. The standard InChI is InChI=1S/C36H48ClN5O4/c1-6-8-9-10-11-12-13-14-15-16-23-46-35(44)26-19-17-25(18-20-26)34(43)38-29-22-21-27(45-7-2)24-28(29)32-39-33-30(37)31(36(3,4)5)40-42(33)41-32/h17-22,24H,6-16,23H2,1-5H3,(H,38,43)(H,39,41). The van der Waals surface area contributed by atoms with E-state index in [2.05, 4.69) is 27.4 Å². The molecule has 0 radical (unpaired) electrons. The van der Waals surface area contributed by atoms with Crippen LogP contribution in [0.25, 0.3) is 17.0 Å². The van der Waals surface area contributed by atoms with E-state index in [1.54, 1.807) is 36.4 Å². The molecule has 0 unspecified atom stereocenters. The van der Waals surface area contributed by atoms with Gasteiger partial charge in [-0.25, -0.2) is 4.79 Å². The van der Waals surface area contributed by atoms with Crippen LogP contribution in [0.4, 0.5) is 5.69 Å². The van der Waals surface area contributed by atoms with Gasteiger partial charge in [-0.15, -0.1) is 9.73 Å². The topological polar surface area (TPSA) is 111 Å². The second kappa shape index (κ2) is 16.6. The van der Waals surface area contributed by atoms with Crippen LogP contribution in [0.15, 0.2) is 42.5 Å². The molecule has 248 valence electrons. The van der Waals surface area contributed by atoms with Crippen molar-refractivity contribution in [3.05, 3.63) is 64.3 Å². The van der Waals surface area contributed by atoms with Gasteiger partial charge in [0.05, 0.1) is 30.2 Å². The SMILES string of the molecule is CCCCCCCCCCCCOC(=O)c1ccc(C(=O)Nc2ccc(OCC)cc2-c2nn3nc(C(C)(C)C)c(Cl)c3[nH]2)cc1. The molecule has 4 rings (SSSR count). The van der Waals surface area contributed by atoms with E-state index in [0.717, 1.165) is 18.5 Å². The Morgan fingerprint density at radius 1 is 0.870 bits per heavy atom. The van der Waals surface area contributed by atoms with Crippen molar-refractivity contribution in [2.24, 2.45) is 0 Å². The normalized spacial score (nSPS) is 11.6. The van der Waals surface area contributed by atoms with Gasteiger partial charge in [0, 0.05) is 16.5 Å². The summed E-state index contributed by atoms with van der Waals surface area (Å²) in [5.41, 5.74) is 3.01. The van der Waals surface area contributed by atoms with E-state index < -0.39 is 0 Å². The summed E-state index contributed by atoms with van der Waals surface area (Å²) in [6.45, 7) is 11.1.